The second-order valence-corrected chi connectivity index (χ2v) is 9.07. The van der Waals surface area contributed by atoms with E-state index in [-0.39, 0.29) is 13.1 Å². The van der Waals surface area contributed by atoms with Gasteiger partial charge in [-0.05, 0) is 49.6 Å². The molecule has 0 aliphatic carbocycles. The zero-order valence-electron chi connectivity index (χ0n) is 19.9. The van der Waals surface area contributed by atoms with Crippen LogP contribution in [-0.4, -0.2) is 53.7 Å². The van der Waals surface area contributed by atoms with Crippen LogP contribution in [0.25, 0.3) is 0 Å². The molecule has 5 amide bonds. The fourth-order valence-electron chi connectivity index (χ4n) is 4.29. The van der Waals surface area contributed by atoms with Crippen molar-refractivity contribution in [3.63, 3.8) is 0 Å². The molecule has 0 radical (unpaired) electrons. The first-order valence-corrected chi connectivity index (χ1v) is 11.8. The van der Waals surface area contributed by atoms with Crippen molar-refractivity contribution in [3.05, 3.63) is 64.6 Å². The second kappa shape index (κ2) is 10.5. The number of urea groups is 2. The summed E-state index contributed by atoms with van der Waals surface area (Å²) in [5.74, 6) is -1.81. The van der Waals surface area contributed by atoms with Gasteiger partial charge in [0.25, 0.3) is 5.91 Å². The normalized spacial score (nSPS) is 18.9. The Balaban J connectivity index is 1.54. The van der Waals surface area contributed by atoms with Crippen molar-refractivity contribution in [1.29, 1.82) is 0 Å². The van der Waals surface area contributed by atoms with Gasteiger partial charge in [-0.15, -0.1) is 4.91 Å². The summed E-state index contributed by atoms with van der Waals surface area (Å²) < 4.78 is 0. The number of nitroso groups, excluding NO2 is 1. The Bertz CT molecular complexity index is 1080. The number of anilines is 2. The lowest BCUT2D eigenvalue weighted by molar-refractivity contribution is -0.121. The summed E-state index contributed by atoms with van der Waals surface area (Å²) >= 11 is 0. The van der Waals surface area contributed by atoms with Crippen molar-refractivity contribution in [2.75, 3.05) is 29.9 Å². The molecule has 2 aliphatic rings. The summed E-state index contributed by atoms with van der Waals surface area (Å²) in [6.07, 6.45) is 1.57. The van der Waals surface area contributed by atoms with E-state index in [1.54, 1.807) is 0 Å². The fourth-order valence-corrected chi connectivity index (χ4v) is 4.29. The highest BCUT2D eigenvalue weighted by atomic mass is 16.3. The van der Waals surface area contributed by atoms with E-state index in [0.29, 0.717) is 0 Å². The van der Waals surface area contributed by atoms with Crippen LogP contribution in [0.15, 0.2) is 53.7 Å². The van der Waals surface area contributed by atoms with Gasteiger partial charge in [-0.2, -0.15) is 0 Å². The van der Waals surface area contributed by atoms with Gasteiger partial charge >= 0.3 is 12.1 Å². The standard InChI is InChI=1S/C25H30N6O4/c1-17-5-7-19(8-6-17)16-30-23(26-20-9-11-21(12-10-20)29-13-3-4-14-29)27-24(33)31(25(30)34)15-18(2)22(32)28-35/h5-12,18,23,26H,3-4,13-16H2,1-2H3,(H,27,33)/t18-,23?/m0/s1. The molecular weight excluding hydrogens is 448 g/mol. The van der Waals surface area contributed by atoms with Crippen LogP contribution >= 0.6 is 0 Å². The maximum absolute atomic E-state index is 13.4. The number of nitrogens with zero attached hydrogens (tertiary/aromatic N) is 4. The van der Waals surface area contributed by atoms with E-state index in [1.807, 2.05) is 55.5 Å². The minimum absolute atomic E-state index is 0.230. The van der Waals surface area contributed by atoms with E-state index in [1.165, 1.54) is 24.7 Å². The number of imide groups is 1. The minimum atomic E-state index is -0.908. The Labute approximate surface area is 204 Å². The zero-order valence-corrected chi connectivity index (χ0v) is 19.9. The van der Waals surface area contributed by atoms with Crippen LogP contribution in [0.4, 0.5) is 21.0 Å². The van der Waals surface area contributed by atoms with Gasteiger partial charge in [0.15, 0.2) is 6.29 Å². The van der Waals surface area contributed by atoms with Gasteiger partial charge < -0.3 is 10.2 Å². The molecule has 0 aromatic heterocycles. The first-order valence-electron chi connectivity index (χ1n) is 11.8. The first kappa shape index (κ1) is 24.2. The number of amides is 5. The summed E-state index contributed by atoms with van der Waals surface area (Å²) in [5.41, 5.74) is 3.87. The molecule has 2 N–H and O–H groups in total. The average Bonchev–Trinajstić information content (AvgIpc) is 3.40. The summed E-state index contributed by atoms with van der Waals surface area (Å²) in [7, 11) is 0. The van der Waals surface area contributed by atoms with Gasteiger partial charge in [0.2, 0.25) is 0 Å². The first-order chi connectivity index (χ1) is 16.9. The molecule has 0 bridgehead atoms. The highest BCUT2D eigenvalue weighted by Gasteiger charge is 2.39. The Hall–Kier alpha value is -3.95. The van der Waals surface area contributed by atoms with E-state index in [2.05, 4.69) is 20.7 Å². The van der Waals surface area contributed by atoms with Gasteiger partial charge in [-0.3, -0.25) is 15.0 Å². The third-order valence-electron chi connectivity index (χ3n) is 6.38. The van der Waals surface area contributed by atoms with Crippen molar-refractivity contribution in [2.45, 2.75) is 39.5 Å². The highest BCUT2D eigenvalue weighted by Crippen LogP contribution is 2.24. The van der Waals surface area contributed by atoms with Crippen molar-refractivity contribution >= 4 is 29.3 Å². The predicted octanol–water partition coefficient (Wildman–Crippen LogP) is 3.87. The van der Waals surface area contributed by atoms with Crippen molar-refractivity contribution in [1.82, 2.24) is 15.1 Å². The average molecular weight is 479 g/mol. The molecular formula is C25H30N6O4. The van der Waals surface area contributed by atoms with E-state index in [9.17, 15) is 19.3 Å². The fraction of sp³-hybridized carbons (Fsp3) is 0.400. The number of carbonyl (C=O) groups is 3. The van der Waals surface area contributed by atoms with Gasteiger partial charge in [-0.1, -0.05) is 36.8 Å². The summed E-state index contributed by atoms with van der Waals surface area (Å²) in [6, 6.07) is 14.5. The number of carbonyl (C=O) groups excluding carboxylic acids is 3. The maximum Gasteiger partial charge on any atom is 0.331 e. The molecule has 2 aromatic carbocycles. The van der Waals surface area contributed by atoms with Gasteiger partial charge in [-0.25, -0.2) is 14.5 Å². The lowest BCUT2D eigenvalue weighted by Gasteiger charge is -2.41. The van der Waals surface area contributed by atoms with Crippen LogP contribution in [0, 0.1) is 17.7 Å². The van der Waals surface area contributed by atoms with E-state index in [0.717, 1.165) is 40.5 Å². The Morgan fingerprint density at radius 3 is 2.37 bits per heavy atom. The lowest BCUT2D eigenvalue weighted by Crippen LogP contribution is -2.67. The summed E-state index contributed by atoms with van der Waals surface area (Å²) in [5, 5.41) is 8.47. The van der Waals surface area contributed by atoms with Crippen molar-refractivity contribution in [2.24, 2.45) is 11.1 Å². The summed E-state index contributed by atoms with van der Waals surface area (Å²) in [6.45, 7) is 5.51. The predicted molar refractivity (Wildman–Crippen MR) is 133 cm³/mol. The molecule has 10 nitrogen and oxygen atoms in total. The van der Waals surface area contributed by atoms with Crippen LogP contribution in [0.5, 0.6) is 0 Å². The topological polar surface area (TPSA) is 114 Å². The van der Waals surface area contributed by atoms with Crippen LogP contribution in [0.3, 0.4) is 0 Å². The molecule has 184 valence electrons. The smallest absolute Gasteiger partial charge is 0.331 e. The minimum Gasteiger partial charge on any atom is -0.372 e. The Morgan fingerprint density at radius 2 is 1.74 bits per heavy atom. The van der Waals surface area contributed by atoms with Crippen molar-refractivity contribution < 1.29 is 14.4 Å². The van der Waals surface area contributed by atoms with Crippen LogP contribution in [0.2, 0.25) is 0 Å². The third kappa shape index (κ3) is 5.59. The highest BCUT2D eigenvalue weighted by molar-refractivity contribution is 5.97. The number of aryl methyl sites for hydroxylation is 1. The Kier molecular flexibility index (Phi) is 7.28. The SMILES string of the molecule is Cc1ccc(CN2C(=O)N(C[C@H](C)C(=O)N=O)C(=O)NC2Nc2ccc(N3CCCC3)cc2)cc1. The second-order valence-electron chi connectivity index (χ2n) is 9.07. The number of nitrogens with one attached hydrogen (secondary N) is 2. The van der Waals surface area contributed by atoms with Crippen molar-refractivity contribution in [3.8, 4) is 0 Å². The largest absolute Gasteiger partial charge is 0.372 e. The molecule has 35 heavy (non-hydrogen) atoms. The van der Waals surface area contributed by atoms with E-state index in [4.69, 9.17) is 0 Å². The molecule has 2 atom stereocenters. The number of rotatable bonds is 8. The van der Waals surface area contributed by atoms with Gasteiger partial charge in [0.1, 0.15) is 0 Å². The Morgan fingerprint density at radius 1 is 1.09 bits per heavy atom. The quantitative estimate of drug-likeness (QED) is 0.557. The molecule has 10 heteroatoms. The molecule has 4 rings (SSSR count). The monoisotopic (exact) mass is 478 g/mol. The number of hydrogen-bond donors (Lipinski definition) is 2. The molecule has 2 fully saturated rings. The molecule has 0 saturated carbocycles. The van der Waals surface area contributed by atoms with Crippen LogP contribution < -0.4 is 15.5 Å². The lowest BCUT2D eigenvalue weighted by atomic mass is 10.1. The number of benzene rings is 2. The maximum atomic E-state index is 13.4. The molecule has 2 saturated heterocycles. The number of hydrogen-bond acceptors (Lipinski definition) is 6. The molecule has 2 heterocycles. The van der Waals surface area contributed by atoms with Gasteiger partial charge in [0, 0.05) is 36.2 Å². The van der Waals surface area contributed by atoms with E-state index >= 15 is 0 Å². The van der Waals surface area contributed by atoms with Gasteiger partial charge in [0.05, 0.1) is 12.5 Å². The molecule has 2 aromatic rings. The molecule has 0 spiro atoms. The molecule has 2 aliphatic heterocycles. The summed E-state index contributed by atoms with van der Waals surface area (Å²) in [4.78, 5) is 53.3. The van der Waals surface area contributed by atoms with Crippen LogP contribution in [-0.2, 0) is 11.3 Å². The zero-order chi connectivity index (χ0) is 24.9. The van der Waals surface area contributed by atoms with Crippen LogP contribution in [0.1, 0.15) is 30.9 Å². The molecule has 1 unspecified atom stereocenters. The van der Waals surface area contributed by atoms with E-state index < -0.39 is 30.2 Å². The third-order valence-corrected chi connectivity index (χ3v) is 6.38.